The molecule has 0 aromatic heterocycles. The molecule has 25 heavy (non-hydrogen) atoms. The summed E-state index contributed by atoms with van der Waals surface area (Å²) < 4.78 is 27.6. The molecule has 6 heteroatoms. The largest absolute Gasteiger partial charge is 0.508 e. The maximum Gasteiger partial charge on any atom is 0.306 e. The van der Waals surface area contributed by atoms with Crippen molar-refractivity contribution >= 4 is 21.7 Å². The zero-order valence-corrected chi connectivity index (χ0v) is 16.4. The van der Waals surface area contributed by atoms with Gasteiger partial charge in [-0.3, -0.25) is 0 Å². The van der Waals surface area contributed by atoms with Gasteiger partial charge in [-0.25, -0.2) is 0 Å². The van der Waals surface area contributed by atoms with E-state index in [1.807, 2.05) is 25.1 Å². The Bertz CT molecular complexity index is 871. The van der Waals surface area contributed by atoms with Gasteiger partial charge in [-0.2, -0.15) is 8.42 Å². The van der Waals surface area contributed by atoms with Gasteiger partial charge >= 0.3 is 10.1 Å². The van der Waals surface area contributed by atoms with Crippen LogP contribution in [0.4, 0.5) is 0 Å². The van der Waals surface area contributed by atoms with Crippen LogP contribution in [0, 0.1) is 6.92 Å². The molecule has 0 aliphatic rings. The van der Waals surface area contributed by atoms with Crippen LogP contribution in [0.15, 0.2) is 36.4 Å². The molecule has 0 radical (unpaired) electrons. The quantitative estimate of drug-likeness (QED) is 0.729. The molecule has 0 saturated carbocycles. The van der Waals surface area contributed by atoms with Crippen molar-refractivity contribution in [1.82, 2.24) is 0 Å². The third-order valence-electron chi connectivity index (χ3n) is 4.68. The van der Waals surface area contributed by atoms with E-state index in [2.05, 4.69) is 13.8 Å². The molecule has 0 aliphatic heterocycles. The van der Waals surface area contributed by atoms with E-state index in [0.29, 0.717) is 0 Å². The Hall–Kier alpha value is -1.72. The van der Waals surface area contributed by atoms with Gasteiger partial charge in [0.15, 0.2) is 5.75 Å². The molecule has 0 aliphatic carbocycles. The highest BCUT2D eigenvalue weighted by Gasteiger charge is 2.31. The second-order valence-corrected chi connectivity index (χ2v) is 8.21. The summed E-state index contributed by atoms with van der Waals surface area (Å²) in [6.45, 7) is 6.06. The average molecular weight is 383 g/mol. The van der Waals surface area contributed by atoms with Crippen molar-refractivity contribution in [2.45, 2.75) is 39.0 Å². The lowest BCUT2D eigenvalue weighted by Crippen LogP contribution is -2.26. The minimum atomic E-state index is -3.63. The number of benzene rings is 2. The maximum atomic E-state index is 11.3. The number of hydrogen-bond acceptors (Lipinski definition) is 4. The van der Waals surface area contributed by atoms with Crippen LogP contribution >= 0.6 is 11.6 Å². The van der Waals surface area contributed by atoms with Crippen LogP contribution in [-0.2, 0) is 15.5 Å². The average Bonchev–Trinajstić information content (AvgIpc) is 2.53. The Morgan fingerprint density at radius 3 is 2.12 bits per heavy atom. The molecule has 1 N–H and O–H groups in total. The molecule has 0 atom stereocenters. The van der Waals surface area contributed by atoms with E-state index in [0.717, 1.165) is 35.8 Å². The Labute approximate surface area is 154 Å². The molecule has 2 rings (SSSR count). The molecule has 0 fully saturated rings. The predicted molar refractivity (Wildman–Crippen MR) is 101 cm³/mol. The summed E-state index contributed by atoms with van der Waals surface area (Å²) in [6, 6.07) is 10.8. The fraction of sp³-hybridized carbons (Fsp3) is 0.368. The number of phenolic OH excluding ortho intramolecular Hbond substituents is 1. The summed E-state index contributed by atoms with van der Waals surface area (Å²) >= 11 is 6.27. The van der Waals surface area contributed by atoms with Crippen molar-refractivity contribution < 1.29 is 17.7 Å². The second kappa shape index (κ2) is 7.26. The van der Waals surface area contributed by atoms with Gasteiger partial charge in [-0.05, 0) is 54.7 Å². The van der Waals surface area contributed by atoms with Crippen LogP contribution in [-0.4, -0.2) is 19.8 Å². The topological polar surface area (TPSA) is 63.6 Å². The lowest BCUT2D eigenvalue weighted by molar-refractivity contribution is 0.461. The summed E-state index contributed by atoms with van der Waals surface area (Å²) in [4.78, 5) is 0. The fourth-order valence-corrected chi connectivity index (χ4v) is 3.95. The van der Waals surface area contributed by atoms with Crippen molar-refractivity contribution in [3.05, 3.63) is 58.1 Å². The van der Waals surface area contributed by atoms with Gasteiger partial charge in [-0.15, -0.1) is 0 Å². The van der Waals surface area contributed by atoms with E-state index >= 15 is 0 Å². The van der Waals surface area contributed by atoms with Gasteiger partial charge in [0.2, 0.25) is 0 Å². The van der Waals surface area contributed by atoms with Crippen LogP contribution in [0.2, 0.25) is 5.02 Å². The highest BCUT2D eigenvalue weighted by molar-refractivity contribution is 7.86. The first-order valence-corrected chi connectivity index (χ1v) is 10.3. The maximum absolute atomic E-state index is 11.3. The van der Waals surface area contributed by atoms with Gasteiger partial charge in [-0.1, -0.05) is 43.6 Å². The van der Waals surface area contributed by atoms with Crippen LogP contribution in [0.25, 0.3) is 0 Å². The Morgan fingerprint density at radius 2 is 1.64 bits per heavy atom. The van der Waals surface area contributed by atoms with Crippen LogP contribution < -0.4 is 4.18 Å². The number of phenols is 1. The van der Waals surface area contributed by atoms with Crippen LogP contribution in [0.3, 0.4) is 0 Å². The summed E-state index contributed by atoms with van der Waals surface area (Å²) in [7, 11) is -3.63. The van der Waals surface area contributed by atoms with E-state index in [4.69, 9.17) is 15.8 Å². The zero-order valence-electron chi connectivity index (χ0n) is 14.8. The predicted octanol–water partition coefficient (Wildman–Crippen LogP) is 4.80. The van der Waals surface area contributed by atoms with E-state index in [1.165, 1.54) is 0 Å². The normalized spacial score (nSPS) is 12.2. The van der Waals surface area contributed by atoms with Crippen molar-refractivity contribution in [1.29, 1.82) is 0 Å². The summed E-state index contributed by atoms with van der Waals surface area (Å²) in [6.07, 6.45) is 2.64. The summed E-state index contributed by atoms with van der Waals surface area (Å²) in [5.74, 6) is 0.385. The van der Waals surface area contributed by atoms with E-state index in [1.54, 1.807) is 18.2 Å². The standard InChI is InChI=1S/C19H23ClO4S/c1-5-19(6-2,14-7-9-17(21)13(3)11-14)15-8-10-18(16(20)12-15)24-25(4,22)23/h7-12,21H,5-6H2,1-4H3. The second-order valence-electron chi connectivity index (χ2n) is 6.22. The Kier molecular flexibility index (Phi) is 5.69. The van der Waals surface area contributed by atoms with E-state index in [9.17, 15) is 13.5 Å². The molecule has 2 aromatic carbocycles. The molecular formula is C19H23ClO4S. The van der Waals surface area contributed by atoms with Crippen molar-refractivity contribution in [2.24, 2.45) is 0 Å². The summed E-state index contributed by atoms with van der Waals surface area (Å²) in [5, 5.41) is 10.1. The highest BCUT2D eigenvalue weighted by atomic mass is 35.5. The molecule has 0 saturated heterocycles. The number of rotatable bonds is 6. The van der Waals surface area contributed by atoms with Crippen molar-refractivity contribution in [3.63, 3.8) is 0 Å². The molecule has 136 valence electrons. The van der Waals surface area contributed by atoms with Crippen LogP contribution in [0.5, 0.6) is 11.5 Å². The minimum Gasteiger partial charge on any atom is -0.508 e. The van der Waals surface area contributed by atoms with Gasteiger partial charge < -0.3 is 9.29 Å². The molecular weight excluding hydrogens is 360 g/mol. The lowest BCUT2D eigenvalue weighted by Gasteiger charge is -2.34. The molecule has 2 aromatic rings. The van der Waals surface area contributed by atoms with Crippen molar-refractivity contribution in [2.75, 3.05) is 6.26 Å². The lowest BCUT2D eigenvalue weighted by atomic mass is 9.70. The monoisotopic (exact) mass is 382 g/mol. The molecule has 0 amide bonds. The molecule has 0 heterocycles. The Morgan fingerprint density at radius 1 is 1.08 bits per heavy atom. The fourth-order valence-electron chi connectivity index (χ4n) is 3.22. The highest BCUT2D eigenvalue weighted by Crippen LogP contribution is 2.42. The van der Waals surface area contributed by atoms with Crippen LogP contribution in [0.1, 0.15) is 43.4 Å². The number of aromatic hydroxyl groups is 1. The molecule has 0 bridgehead atoms. The minimum absolute atomic E-state index is 0.121. The molecule has 0 unspecified atom stereocenters. The van der Waals surface area contributed by atoms with Gasteiger partial charge in [0.1, 0.15) is 5.75 Å². The number of aryl methyl sites for hydroxylation is 1. The SMILES string of the molecule is CCC(CC)(c1ccc(O)c(C)c1)c1ccc(OS(C)(=O)=O)c(Cl)c1. The number of halogens is 1. The molecule has 0 spiro atoms. The first kappa shape index (κ1) is 19.6. The summed E-state index contributed by atoms with van der Waals surface area (Å²) in [5.41, 5.74) is 2.59. The van der Waals surface area contributed by atoms with Crippen molar-refractivity contribution in [3.8, 4) is 11.5 Å². The smallest absolute Gasteiger partial charge is 0.306 e. The zero-order chi connectivity index (χ0) is 18.8. The number of hydrogen-bond donors (Lipinski definition) is 1. The third kappa shape index (κ3) is 4.10. The van der Waals surface area contributed by atoms with Gasteiger partial charge in [0.25, 0.3) is 0 Å². The van der Waals surface area contributed by atoms with E-state index < -0.39 is 10.1 Å². The van der Waals surface area contributed by atoms with Gasteiger partial charge in [0, 0.05) is 5.41 Å². The third-order valence-corrected chi connectivity index (χ3v) is 5.46. The first-order chi connectivity index (χ1) is 11.6. The molecule has 4 nitrogen and oxygen atoms in total. The van der Waals surface area contributed by atoms with Gasteiger partial charge in [0.05, 0.1) is 11.3 Å². The first-order valence-electron chi connectivity index (χ1n) is 8.12. The van der Waals surface area contributed by atoms with E-state index in [-0.39, 0.29) is 21.9 Å². The Balaban J connectivity index is 2.57.